The lowest BCUT2D eigenvalue weighted by atomic mass is 10.1. The van der Waals surface area contributed by atoms with Crippen molar-refractivity contribution in [2.24, 2.45) is 4.99 Å². The first-order chi connectivity index (χ1) is 15.5. The van der Waals surface area contributed by atoms with Crippen LogP contribution in [0.5, 0.6) is 0 Å². The Morgan fingerprint density at radius 2 is 1.78 bits per heavy atom. The number of nitrogens with one attached hydrogen (secondary N) is 2. The fraction of sp³-hybridized carbons (Fsp3) is 0.304. The molecule has 1 saturated heterocycles. The lowest BCUT2D eigenvalue weighted by Crippen LogP contribution is -2.33. The smallest absolute Gasteiger partial charge is 0.262 e. The molecule has 32 heavy (non-hydrogen) atoms. The zero-order chi connectivity index (χ0) is 22.5. The summed E-state index contributed by atoms with van der Waals surface area (Å²) in [6, 6.07) is 13.5. The Labute approximate surface area is 195 Å². The molecule has 2 aliphatic heterocycles. The maximum absolute atomic E-state index is 12.5. The zero-order valence-corrected chi connectivity index (χ0v) is 18.9. The van der Waals surface area contributed by atoms with Crippen molar-refractivity contribution in [3.05, 3.63) is 59.1 Å². The molecule has 0 spiro atoms. The Morgan fingerprint density at radius 1 is 1.03 bits per heavy atom. The van der Waals surface area contributed by atoms with Crippen LogP contribution in [0.1, 0.15) is 36.0 Å². The summed E-state index contributed by atoms with van der Waals surface area (Å²) < 4.78 is 0. The number of hydrogen-bond acceptors (Lipinski definition) is 5. The van der Waals surface area contributed by atoms with Gasteiger partial charge in [0.05, 0.1) is 0 Å². The third kappa shape index (κ3) is 5.69. The lowest BCUT2D eigenvalue weighted by molar-refractivity contribution is -0.121. The van der Waals surface area contributed by atoms with Gasteiger partial charge in [0.15, 0.2) is 5.17 Å². The quantitative estimate of drug-likeness (QED) is 0.675. The number of carbonyl (C=O) groups excluding carboxylic acids is 3. The Hall–Kier alpha value is -2.84. The van der Waals surface area contributed by atoms with Gasteiger partial charge in [0.2, 0.25) is 5.91 Å². The van der Waals surface area contributed by atoms with E-state index in [4.69, 9.17) is 11.6 Å². The Morgan fingerprint density at radius 3 is 2.53 bits per heavy atom. The second kappa shape index (κ2) is 10.2. The molecule has 0 radical (unpaired) electrons. The van der Waals surface area contributed by atoms with E-state index < -0.39 is 5.25 Å². The van der Waals surface area contributed by atoms with E-state index in [9.17, 15) is 14.4 Å². The third-order valence-electron chi connectivity index (χ3n) is 5.24. The van der Waals surface area contributed by atoms with E-state index in [-0.39, 0.29) is 24.1 Å². The lowest BCUT2D eigenvalue weighted by Gasteiger charge is -2.27. The number of aliphatic imine (C=N–C) groups is 1. The summed E-state index contributed by atoms with van der Waals surface area (Å²) >= 11 is 7.23. The number of likely N-dealkylation sites (tertiary alicyclic amines) is 1. The SMILES string of the molecule is O=C(C[C@H]1SC(N2CCCCC2)=NC1=O)Nc1cccc(C(=O)Nc2ccc(Cl)cc2)c1. The summed E-state index contributed by atoms with van der Waals surface area (Å²) in [7, 11) is 0. The van der Waals surface area contributed by atoms with E-state index in [0.717, 1.165) is 31.1 Å². The fourth-order valence-corrected chi connectivity index (χ4v) is 4.83. The molecule has 7 nitrogen and oxygen atoms in total. The van der Waals surface area contributed by atoms with E-state index in [1.165, 1.54) is 18.2 Å². The second-order valence-electron chi connectivity index (χ2n) is 7.68. The first-order valence-electron chi connectivity index (χ1n) is 10.5. The molecule has 0 aliphatic carbocycles. The van der Waals surface area contributed by atoms with E-state index in [1.807, 2.05) is 0 Å². The number of carbonyl (C=O) groups is 3. The van der Waals surface area contributed by atoms with Crippen LogP contribution >= 0.6 is 23.4 Å². The van der Waals surface area contributed by atoms with Crippen LogP contribution in [0.3, 0.4) is 0 Å². The van der Waals surface area contributed by atoms with Gasteiger partial charge < -0.3 is 15.5 Å². The van der Waals surface area contributed by atoms with Crippen molar-refractivity contribution < 1.29 is 14.4 Å². The Kier molecular flexibility index (Phi) is 7.12. The average molecular weight is 471 g/mol. The number of piperidine rings is 1. The number of amides is 3. The van der Waals surface area contributed by atoms with Crippen molar-refractivity contribution in [3.63, 3.8) is 0 Å². The molecule has 2 aliphatic rings. The minimum Gasteiger partial charge on any atom is -0.351 e. The maximum Gasteiger partial charge on any atom is 0.262 e. The van der Waals surface area contributed by atoms with Gasteiger partial charge in [-0.05, 0) is 61.7 Å². The van der Waals surface area contributed by atoms with Gasteiger partial charge in [-0.15, -0.1) is 0 Å². The Bertz CT molecular complexity index is 1050. The van der Waals surface area contributed by atoms with Crippen molar-refractivity contribution in [1.82, 2.24) is 4.90 Å². The van der Waals surface area contributed by atoms with Crippen molar-refractivity contribution in [3.8, 4) is 0 Å². The van der Waals surface area contributed by atoms with Crippen molar-refractivity contribution in [2.75, 3.05) is 23.7 Å². The van der Waals surface area contributed by atoms with Gasteiger partial charge in [-0.1, -0.05) is 29.4 Å². The molecule has 0 saturated carbocycles. The van der Waals surface area contributed by atoms with Crippen LogP contribution in [0.15, 0.2) is 53.5 Å². The van der Waals surface area contributed by atoms with Crippen LogP contribution in [-0.2, 0) is 9.59 Å². The molecule has 9 heteroatoms. The third-order valence-corrected chi connectivity index (χ3v) is 6.70. The summed E-state index contributed by atoms with van der Waals surface area (Å²) in [4.78, 5) is 43.6. The molecule has 166 valence electrons. The first-order valence-corrected chi connectivity index (χ1v) is 11.7. The van der Waals surface area contributed by atoms with Gasteiger partial charge in [0.1, 0.15) is 5.25 Å². The van der Waals surface area contributed by atoms with Crippen LogP contribution in [0, 0.1) is 0 Å². The van der Waals surface area contributed by atoms with Gasteiger partial charge in [0.25, 0.3) is 11.8 Å². The second-order valence-corrected chi connectivity index (χ2v) is 9.29. The van der Waals surface area contributed by atoms with Crippen LogP contribution in [0.4, 0.5) is 11.4 Å². The van der Waals surface area contributed by atoms with Gasteiger partial charge in [-0.25, -0.2) is 0 Å². The van der Waals surface area contributed by atoms with E-state index in [0.29, 0.717) is 22.0 Å². The number of amidine groups is 1. The fourth-order valence-electron chi connectivity index (χ4n) is 3.58. The summed E-state index contributed by atoms with van der Waals surface area (Å²) in [6.45, 7) is 1.81. The van der Waals surface area contributed by atoms with E-state index in [2.05, 4.69) is 20.5 Å². The van der Waals surface area contributed by atoms with Gasteiger partial charge in [-0.3, -0.25) is 14.4 Å². The van der Waals surface area contributed by atoms with Crippen LogP contribution < -0.4 is 10.6 Å². The number of benzene rings is 2. The van der Waals surface area contributed by atoms with Crippen LogP contribution in [0.2, 0.25) is 5.02 Å². The predicted octanol–water partition coefficient (Wildman–Crippen LogP) is 4.40. The predicted molar refractivity (Wildman–Crippen MR) is 128 cm³/mol. The molecule has 2 heterocycles. The molecule has 1 atom stereocenters. The van der Waals surface area contributed by atoms with Gasteiger partial charge >= 0.3 is 0 Å². The number of nitrogens with zero attached hydrogens (tertiary/aromatic N) is 2. The van der Waals surface area contributed by atoms with Gasteiger partial charge in [-0.2, -0.15) is 4.99 Å². The van der Waals surface area contributed by atoms with Gasteiger partial charge in [0, 0.05) is 41.5 Å². The summed E-state index contributed by atoms with van der Waals surface area (Å²) in [5, 5.41) is 6.37. The molecule has 2 aromatic rings. The molecular weight excluding hydrogens is 448 g/mol. The number of hydrogen-bond donors (Lipinski definition) is 2. The molecule has 2 N–H and O–H groups in total. The molecule has 0 aromatic heterocycles. The molecule has 4 rings (SSSR count). The van der Waals surface area contributed by atoms with Crippen molar-refractivity contribution in [2.45, 2.75) is 30.9 Å². The molecule has 0 bridgehead atoms. The maximum atomic E-state index is 12.5. The minimum atomic E-state index is -0.511. The zero-order valence-electron chi connectivity index (χ0n) is 17.3. The highest BCUT2D eigenvalue weighted by molar-refractivity contribution is 8.15. The summed E-state index contributed by atoms with van der Waals surface area (Å²) in [5.74, 6) is -0.854. The highest BCUT2D eigenvalue weighted by atomic mass is 35.5. The molecular formula is C23H23ClN4O3S. The molecule has 3 amide bonds. The highest BCUT2D eigenvalue weighted by Gasteiger charge is 2.33. The number of thioether (sulfide) groups is 1. The molecule has 2 aromatic carbocycles. The largest absolute Gasteiger partial charge is 0.351 e. The summed E-state index contributed by atoms with van der Waals surface area (Å²) in [5.41, 5.74) is 1.52. The minimum absolute atomic E-state index is 0.0333. The number of anilines is 2. The van der Waals surface area contributed by atoms with E-state index in [1.54, 1.807) is 48.5 Å². The molecule has 1 fully saturated rings. The van der Waals surface area contributed by atoms with Crippen molar-refractivity contribution >= 4 is 57.6 Å². The van der Waals surface area contributed by atoms with Crippen LogP contribution in [-0.4, -0.2) is 46.1 Å². The number of halogens is 1. The van der Waals surface area contributed by atoms with E-state index >= 15 is 0 Å². The van der Waals surface area contributed by atoms with Crippen LogP contribution in [0.25, 0.3) is 0 Å². The highest BCUT2D eigenvalue weighted by Crippen LogP contribution is 2.29. The summed E-state index contributed by atoms with van der Waals surface area (Å²) in [6.07, 6.45) is 3.43. The average Bonchev–Trinajstić information content (AvgIpc) is 3.16. The normalized spacial score (nSPS) is 18.3. The monoisotopic (exact) mass is 470 g/mol. The molecule has 0 unspecified atom stereocenters. The standard InChI is InChI=1S/C23H23ClN4O3S/c24-16-7-9-17(10-8-16)26-21(30)15-5-4-6-18(13-15)25-20(29)14-19-22(31)27-23(32-19)28-11-2-1-3-12-28/h4-10,13,19H,1-3,11-12,14H2,(H,25,29)(H,26,30)/t19-/m1/s1. The number of rotatable bonds is 5. The topological polar surface area (TPSA) is 90.9 Å². The van der Waals surface area contributed by atoms with Crippen molar-refractivity contribution in [1.29, 1.82) is 0 Å². The first kappa shape index (κ1) is 22.4. The Balaban J connectivity index is 1.32.